The zero-order valence-electron chi connectivity index (χ0n) is 17.9. The van der Waals surface area contributed by atoms with E-state index in [4.69, 9.17) is 11.6 Å². The summed E-state index contributed by atoms with van der Waals surface area (Å²) in [4.78, 5) is 37.7. The highest BCUT2D eigenvalue weighted by Gasteiger charge is 2.37. The van der Waals surface area contributed by atoms with Gasteiger partial charge in [-0.15, -0.1) is 11.3 Å². The molecular weight excluding hydrogens is 476 g/mol. The van der Waals surface area contributed by atoms with Gasteiger partial charge in [-0.1, -0.05) is 29.4 Å². The molecule has 0 bridgehead atoms. The molecule has 2 aliphatic rings. The van der Waals surface area contributed by atoms with Crippen LogP contribution in [-0.4, -0.2) is 76.8 Å². The fourth-order valence-corrected chi connectivity index (χ4v) is 5.79. The van der Waals surface area contributed by atoms with Crippen molar-refractivity contribution in [2.45, 2.75) is 15.8 Å². The molecule has 0 aliphatic carbocycles. The highest BCUT2D eigenvalue weighted by atomic mass is 35.5. The molecular formula is C24H23ClN4O2S2. The Morgan fingerprint density at radius 1 is 0.939 bits per heavy atom. The molecule has 6 nitrogen and oxygen atoms in total. The highest BCUT2D eigenvalue weighted by Crippen LogP contribution is 2.30. The predicted octanol–water partition coefficient (Wildman–Crippen LogP) is 4.23. The lowest BCUT2D eigenvalue weighted by molar-refractivity contribution is 0.00843. The maximum Gasteiger partial charge on any atom is 0.273 e. The molecule has 2 amide bonds. The van der Waals surface area contributed by atoms with Gasteiger partial charge in [0.15, 0.2) is 0 Å². The van der Waals surface area contributed by atoms with Gasteiger partial charge in [0.2, 0.25) is 0 Å². The third-order valence-corrected chi connectivity index (χ3v) is 7.87. The first kappa shape index (κ1) is 22.4. The van der Waals surface area contributed by atoms with Crippen LogP contribution in [0.2, 0.25) is 5.02 Å². The minimum Gasteiger partial charge on any atom is -0.335 e. The molecule has 0 unspecified atom stereocenters. The molecule has 0 spiro atoms. The SMILES string of the molecule is O=C(c1ccc(Sc2cccc(Cl)c2)cc1)N1CC(N2CCN(C(=O)c3cscn3)CC2)C1. The number of amides is 2. The summed E-state index contributed by atoms with van der Waals surface area (Å²) in [6.07, 6.45) is 0. The average molecular weight is 499 g/mol. The summed E-state index contributed by atoms with van der Waals surface area (Å²) >= 11 is 9.12. The first-order chi connectivity index (χ1) is 16.1. The van der Waals surface area contributed by atoms with Crippen molar-refractivity contribution >= 4 is 46.5 Å². The van der Waals surface area contributed by atoms with E-state index in [0.717, 1.165) is 36.0 Å². The Bertz CT molecular complexity index is 1130. The van der Waals surface area contributed by atoms with Crippen molar-refractivity contribution in [1.82, 2.24) is 19.7 Å². The molecule has 2 aliphatic heterocycles. The Morgan fingerprint density at radius 2 is 1.70 bits per heavy atom. The topological polar surface area (TPSA) is 56.8 Å². The number of nitrogens with zero attached hydrogens (tertiary/aromatic N) is 4. The second-order valence-electron chi connectivity index (χ2n) is 8.15. The van der Waals surface area contributed by atoms with Crippen molar-refractivity contribution in [2.24, 2.45) is 0 Å². The zero-order valence-corrected chi connectivity index (χ0v) is 20.3. The van der Waals surface area contributed by atoms with Crippen LogP contribution in [-0.2, 0) is 0 Å². The molecule has 0 atom stereocenters. The minimum absolute atomic E-state index is 0.0123. The number of thiazole rings is 1. The minimum atomic E-state index is 0.0123. The van der Waals surface area contributed by atoms with Crippen LogP contribution >= 0.6 is 34.7 Å². The van der Waals surface area contributed by atoms with Crippen LogP contribution in [0.15, 0.2) is 69.2 Å². The summed E-state index contributed by atoms with van der Waals surface area (Å²) in [5, 5.41) is 2.51. The second kappa shape index (κ2) is 9.85. The van der Waals surface area contributed by atoms with Gasteiger partial charge < -0.3 is 9.80 Å². The standard InChI is InChI=1S/C24H23ClN4O2S2/c25-18-2-1-3-21(12-18)33-20-6-4-17(5-7-20)23(30)29-13-19(14-29)27-8-10-28(11-9-27)24(31)22-15-32-16-26-22/h1-7,12,15-16,19H,8-11,13-14H2. The summed E-state index contributed by atoms with van der Waals surface area (Å²) in [6, 6.07) is 15.9. The molecule has 0 N–H and O–H groups in total. The van der Waals surface area contributed by atoms with Gasteiger partial charge >= 0.3 is 0 Å². The molecule has 2 aromatic carbocycles. The van der Waals surface area contributed by atoms with Crippen molar-refractivity contribution in [2.75, 3.05) is 39.3 Å². The smallest absolute Gasteiger partial charge is 0.273 e. The monoisotopic (exact) mass is 498 g/mol. The third kappa shape index (κ3) is 5.09. The maximum atomic E-state index is 12.9. The normalized spacial score (nSPS) is 17.1. The molecule has 2 fully saturated rings. The van der Waals surface area contributed by atoms with Crippen LogP contribution in [0.25, 0.3) is 0 Å². The number of aromatic nitrogens is 1. The van der Waals surface area contributed by atoms with Crippen molar-refractivity contribution < 1.29 is 9.59 Å². The van der Waals surface area contributed by atoms with Gasteiger partial charge in [-0.3, -0.25) is 14.5 Å². The van der Waals surface area contributed by atoms with Gasteiger partial charge in [-0.25, -0.2) is 4.98 Å². The second-order valence-corrected chi connectivity index (χ2v) is 10.5. The molecule has 3 heterocycles. The van der Waals surface area contributed by atoms with E-state index in [-0.39, 0.29) is 11.8 Å². The van der Waals surface area contributed by atoms with Crippen molar-refractivity contribution in [3.8, 4) is 0 Å². The summed E-state index contributed by atoms with van der Waals surface area (Å²) in [7, 11) is 0. The largest absolute Gasteiger partial charge is 0.335 e. The van der Waals surface area contributed by atoms with E-state index in [1.54, 1.807) is 22.7 Å². The van der Waals surface area contributed by atoms with Crippen LogP contribution < -0.4 is 0 Å². The number of carbonyl (C=O) groups is 2. The van der Waals surface area contributed by atoms with Crippen molar-refractivity contribution in [3.05, 3.63) is 75.7 Å². The van der Waals surface area contributed by atoms with E-state index in [1.807, 2.05) is 58.3 Å². The first-order valence-corrected chi connectivity index (χ1v) is 12.9. The fraction of sp³-hybridized carbons (Fsp3) is 0.292. The summed E-state index contributed by atoms with van der Waals surface area (Å²) in [5.41, 5.74) is 2.93. The lowest BCUT2D eigenvalue weighted by Crippen LogP contribution is -2.64. The number of benzene rings is 2. The number of rotatable bonds is 5. The van der Waals surface area contributed by atoms with Gasteiger partial charge in [-0.05, 0) is 42.5 Å². The van der Waals surface area contributed by atoms with E-state index in [9.17, 15) is 9.59 Å². The number of carbonyl (C=O) groups excluding carboxylic acids is 2. The lowest BCUT2D eigenvalue weighted by atomic mass is 10.0. The summed E-state index contributed by atoms with van der Waals surface area (Å²) in [6.45, 7) is 4.53. The predicted molar refractivity (Wildman–Crippen MR) is 131 cm³/mol. The number of piperazine rings is 1. The van der Waals surface area contributed by atoms with Crippen LogP contribution in [0.4, 0.5) is 0 Å². The van der Waals surface area contributed by atoms with Gasteiger partial charge in [0.1, 0.15) is 5.69 Å². The Labute approximate surface area is 206 Å². The van der Waals surface area contributed by atoms with E-state index in [0.29, 0.717) is 35.4 Å². The number of halogens is 1. The van der Waals surface area contributed by atoms with Crippen molar-refractivity contribution in [3.63, 3.8) is 0 Å². The van der Waals surface area contributed by atoms with E-state index < -0.39 is 0 Å². The molecule has 0 radical (unpaired) electrons. The van der Waals surface area contributed by atoms with Crippen LogP contribution in [0.3, 0.4) is 0 Å². The number of hydrogen-bond acceptors (Lipinski definition) is 6. The van der Waals surface area contributed by atoms with Gasteiger partial charge in [0.25, 0.3) is 11.8 Å². The van der Waals surface area contributed by atoms with E-state index in [2.05, 4.69) is 9.88 Å². The number of likely N-dealkylation sites (tertiary alicyclic amines) is 1. The molecule has 33 heavy (non-hydrogen) atoms. The molecule has 5 rings (SSSR count). The molecule has 1 aromatic heterocycles. The molecule has 9 heteroatoms. The molecule has 170 valence electrons. The Balaban J connectivity index is 1.10. The van der Waals surface area contributed by atoms with Gasteiger partial charge in [0.05, 0.1) is 5.51 Å². The Kier molecular flexibility index (Phi) is 6.69. The molecule has 2 saturated heterocycles. The Hall–Kier alpha value is -2.39. The Morgan fingerprint density at radius 3 is 2.36 bits per heavy atom. The first-order valence-electron chi connectivity index (χ1n) is 10.8. The van der Waals surface area contributed by atoms with Gasteiger partial charge in [0, 0.05) is 71.1 Å². The van der Waals surface area contributed by atoms with Gasteiger partial charge in [-0.2, -0.15) is 0 Å². The van der Waals surface area contributed by atoms with Crippen LogP contribution in [0.5, 0.6) is 0 Å². The van der Waals surface area contributed by atoms with Crippen molar-refractivity contribution in [1.29, 1.82) is 0 Å². The van der Waals surface area contributed by atoms with Crippen LogP contribution in [0, 0.1) is 0 Å². The third-order valence-electron chi connectivity index (χ3n) is 6.05. The quantitative estimate of drug-likeness (QED) is 0.527. The molecule has 3 aromatic rings. The van der Waals surface area contributed by atoms with E-state index in [1.165, 1.54) is 11.3 Å². The summed E-state index contributed by atoms with van der Waals surface area (Å²) in [5.74, 6) is 0.0844. The lowest BCUT2D eigenvalue weighted by Gasteiger charge is -2.48. The maximum absolute atomic E-state index is 12.9. The fourth-order valence-electron chi connectivity index (χ4n) is 4.14. The highest BCUT2D eigenvalue weighted by molar-refractivity contribution is 7.99. The zero-order chi connectivity index (χ0) is 22.8. The van der Waals surface area contributed by atoms with E-state index >= 15 is 0 Å². The van der Waals surface area contributed by atoms with Crippen LogP contribution in [0.1, 0.15) is 20.8 Å². The average Bonchev–Trinajstić information content (AvgIpc) is 3.34. The molecule has 0 saturated carbocycles. The number of hydrogen-bond donors (Lipinski definition) is 0. The summed E-state index contributed by atoms with van der Waals surface area (Å²) < 4.78 is 0.